The molecule has 1 unspecified atom stereocenters. The number of fused-ring (bicyclic) bond motifs is 1. The predicted molar refractivity (Wildman–Crippen MR) is 94.7 cm³/mol. The Labute approximate surface area is 150 Å². The number of aromatic nitrogens is 1. The van der Waals surface area contributed by atoms with Gasteiger partial charge in [0.2, 0.25) is 5.67 Å². The maximum Gasteiger partial charge on any atom is 0.262 e. The van der Waals surface area contributed by atoms with E-state index in [9.17, 15) is 9.59 Å². The summed E-state index contributed by atoms with van der Waals surface area (Å²) in [5.41, 5.74) is -0.645. The number of carbonyl (C=O) groups excluding carboxylic acids is 2. The van der Waals surface area contributed by atoms with Gasteiger partial charge in [0, 0.05) is 36.9 Å². The van der Waals surface area contributed by atoms with E-state index in [4.69, 9.17) is 4.74 Å². The van der Waals surface area contributed by atoms with Crippen LogP contribution in [-0.2, 0) is 9.53 Å². The molecule has 0 radical (unpaired) electrons. The lowest BCUT2D eigenvalue weighted by Crippen LogP contribution is -2.58. The fourth-order valence-corrected chi connectivity index (χ4v) is 3.77. The summed E-state index contributed by atoms with van der Waals surface area (Å²) in [5, 5.41) is 1.02. The van der Waals surface area contributed by atoms with Crippen LogP contribution >= 0.6 is 0 Å². The molecule has 2 saturated heterocycles. The van der Waals surface area contributed by atoms with Gasteiger partial charge in [-0.05, 0) is 36.4 Å². The summed E-state index contributed by atoms with van der Waals surface area (Å²) in [6.07, 6.45) is 2.44. The molecule has 138 valence electrons. The highest BCUT2D eigenvalue weighted by molar-refractivity contribution is 5.98. The quantitative estimate of drug-likeness (QED) is 0.892. The number of piperidine rings is 1. The largest absolute Gasteiger partial charge is 0.378 e. The number of nitrogens with one attached hydrogen (secondary N) is 1. The molecule has 0 saturated carbocycles. The number of aromatic amines is 1. The second-order valence-corrected chi connectivity index (χ2v) is 6.98. The number of benzene rings is 1. The lowest BCUT2D eigenvalue weighted by Gasteiger charge is -2.40. The summed E-state index contributed by atoms with van der Waals surface area (Å²) >= 11 is 0. The minimum atomic E-state index is -2.01. The van der Waals surface area contributed by atoms with Crippen LogP contribution in [0.1, 0.15) is 23.2 Å². The van der Waals surface area contributed by atoms with E-state index in [1.54, 1.807) is 12.1 Å². The molecule has 2 aliphatic heterocycles. The van der Waals surface area contributed by atoms with Gasteiger partial charge in [0.1, 0.15) is 0 Å². The van der Waals surface area contributed by atoms with E-state index >= 15 is 4.39 Å². The first-order chi connectivity index (χ1) is 12.6. The third kappa shape index (κ3) is 3.07. The number of likely N-dealkylation sites (tertiary alicyclic amines) is 1. The zero-order chi connectivity index (χ0) is 18.1. The average molecular weight is 359 g/mol. The van der Waals surface area contributed by atoms with Crippen molar-refractivity contribution in [3.05, 3.63) is 36.0 Å². The molecule has 26 heavy (non-hydrogen) atoms. The van der Waals surface area contributed by atoms with Crippen molar-refractivity contribution < 1.29 is 18.7 Å². The first-order valence-corrected chi connectivity index (χ1v) is 8.99. The summed E-state index contributed by atoms with van der Waals surface area (Å²) in [7, 11) is 0. The van der Waals surface area contributed by atoms with Gasteiger partial charge in [-0.2, -0.15) is 0 Å². The van der Waals surface area contributed by atoms with Crippen molar-refractivity contribution in [3.8, 4) is 0 Å². The van der Waals surface area contributed by atoms with E-state index in [1.165, 1.54) is 9.80 Å². The lowest BCUT2D eigenvalue weighted by atomic mass is 9.92. The third-order valence-corrected chi connectivity index (χ3v) is 5.21. The summed E-state index contributed by atoms with van der Waals surface area (Å²) in [6, 6.07) is 7.31. The van der Waals surface area contributed by atoms with Crippen LogP contribution in [0.25, 0.3) is 10.9 Å². The van der Waals surface area contributed by atoms with Crippen LogP contribution in [0.4, 0.5) is 4.39 Å². The molecule has 4 rings (SSSR count). The van der Waals surface area contributed by atoms with Gasteiger partial charge in [-0.3, -0.25) is 9.59 Å². The number of rotatable bonds is 2. The van der Waals surface area contributed by atoms with E-state index in [2.05, 4.69) is 4.98 Å². The lowest BCUT2D eigenvalue weighted by molar-refractivity contribution is -0.151. The number of hydrogen-bond donors (Lipinski definition) is 1. The van der Waals surface area contributed by atoms with Crippen molar-refractivity contribution in [3.63, 3.8) is 0 Å². The van der Waals surface area contributed by atoms with Gasteiger partial charge in [0.15, 0.2) is 0 Å². The Morgan fingerprint density at radius 1 is 1.12 bits per heavy atom. The molecule has 2 amide bonds. The van der Waals surface area contributed by atoms with Crippen LogP contribution in [0.15, 0.2) is 30.5 Å². The van der Waals surface area contributed by atoms with Crippen LogP contribution in [0.2, 0.25) is 0 Å². The van der Waals surface area contributed by atoms with Crippen molar-refractivity contribution in [1.29, 1.82) is 0 Å². The summed E-state index contributed by atoms with van der Waals surface area (Å²) in [6.45, 7) is 1.94. The Bertz CT molecular complexity index is 830. The summed E-state index contributed by atoms with van der Waals surface area (Å²) in [4.78, 5) is 31.6. The molecule has 1 N–H and O–H groups in total. The van der Waals surface area contributed by atoms with Gasteiger partial charge in [0.05, 0.1) is 19.8 Å². The molecule has 7 heteroatoms. The van der Waals surface area contributed by atoms with Crippen LogP contribution in [-0.4, -0.2) is 71.7 Å². The number of amides is 2. The normalized spacial score (nSPS) is 24.0. The van der Waals surface area contributed by atoms with E-state index < -0.39 is 11.6 Å². The zero-order valence-corrected chi connectivity index (χ0v) is 14.5. The molecule has 2 fully saturated rings. The van der Waals surface area contributed by atoms with Gasteiger partial charge < -0.3 is 19.5 Å². The maximum absolute atomic E-state index is 15.4. The van der Waals surface area contributed by atoms with Crippen LogP contribution in [0.3, 0.4) is 0 Å². The third-order valence-electron chi connectivity index (χ3n) is 5.21. The van der Waals surface area contributed by atoms with Crippen LogP contribution < -0.4 is 0 Å². The Balaban J connectivity index is 1.51. The SMILES string of the molecule is O=C(c1ccc2cc[nH]c2c1)N1CCCC(F)(C(=O)N2CCOCC2)C1. The average Bonchev–Trinajstić information content (AvgIpc) is 3.15. The number of H-pyrrole nitrogens is 1. The van der Waals surface area contributed by atoms with Gasteiger partial charge in [-0.1, -0.05) is 6.07 Å². The van der Waals surface area contributed by atoms with E-state index in [0.29, 0.717) is 44.8 Å². The number of halogens is 1. The number of hydrogen-bond acceptors (Lipinski definition) is 3. The standard InChI is InChI=1S/C19H22FN3O3/c20-19(18(25)22-8-10-26-11-9-22)5-1-7-23(13-19)17(24)15-3-2-14-4-6-21-16(14)12-15/h2-4,6,12,21H,1,5,7-11,13H2. The number of nitrogens with zero attached hydrogens (tertiary/aromatic N) is 2. The smallest absolute Gasteiger partial charge is 0.262 e. The van der Waals surface area contributed by atoms with Gasteiger partial charge in [-0.25, -0.2) is 4.39 Å². The Morgan fingerprint density at radius 3 is 2.73 bits per heavy atom. The molecule has 0 bridgehead atoms. The second-order valence-electron chi connectivity index (χ2n) is 6.98. The molecule has 1 aromatic heterocycles. The molecular weight excluding hydrogens is 337 g/mol. The summed E-state index contributed by atoms with van der Waals surface area (Å²) in [5.74, 6) is -0.754. The van der Waals surface area contributed by atoms with Crippen molar-refractivity contribution in [2.75, 3.05) is 39.4 Å². The Kier molecular flexibility index (Phi) is 4.40. The van der Waals surface area contributed by atoms with Crippen molar-refractivity contribution in [2.45, 2.75) is 18.5 Å². The minimum Gasteiger partial charge on any atom is -0.378 e. The highest BCUT2D eigenvalue weighted by Crippen LogP contribution is 2.29. The number of carbonyl (C=O) groups is 2. The highest BCUT2D eigenvalue weighted by atomic mass is 19.1. The molecule has 0 spiro atoms. The molecule has 6 nitrogen and oxygen atoms in total. The highest BCUT2D eigenvalue weighted by Gasteiger charge is 2.46. The van der Waals surface area contributed by atoms with Crippen LogP contribution in [0.5, 0.6) is 0 Å². The number of ether oxygens (including phenoxy) is 1. The maximum atomic E-state index is 15.4. The molecule has 1 aromatic carbocycles. The Morgan fingerprint density at radius 2 is 1.92 bits per heavy atom. The van der Waals surface area contributed by atoms with Crippen molar-refractivity contribution in [2.24, 2.45) is 0 Å². The van der Waals surface area contributed by atoms with Gasteiger partial charge in [-0.15, -0.1) is 0 Å². The first kappa shape index (κ1) is 17.0. The molecule has 1 atom stereocenters. The van der Waals surface area contributed by atoms with E-state index in [1.807, 2.05) is 18.3 Å². The number of alkyl halides is 1. The topological polar surface area (TPSA) is 65.6 Å². The van der Waals surface area contributed by atoms with Gasteiger partial charge >= 0.3 is 0 Å². The molecular formula is C19H22FN3O3. The van der Waals surface area contributed by atoms with Crippen molar-refractivity contribution >= 4 is 22.7 Å². The Hall–Kier alpha value is -2.41. The molecule has 3 heterocycles. The summed E-state index contributed by atoms with van der Waals surface area (Å²) < 4.78 is 20.7. The van der Waals surface area contributed by atoms with Gasteiger partial charge in [0.25, 0.3) is 11.8 Å². The molecule has 2 aliphatic rings. The van der Waals surface area contributed by atoms with E-state index in [0.717, 1.165) is 10.9 Å². The minimum absolute atomic E-state index is 0.155. The zero-order valence-electron chi connectivity index (χ0n) is 14.5. The fraction of sp³-hybridized carbons (Fsp3) is 0.474. The first-order valence-electron chi connectivity index (χ1n) is 8.99. The number of morpholine rings is 1. The second kappa shape index (κ2) is 6.72. The fourth-order valence-electron chi connectivity index (χ4n) is 3.77. The molecule has 2 aromatic rings. The monoisotopic (exact) mass is 359 g/mol. The van der Waals surface area contributed by atoms with E-state index in [-0.39, 0.29) is 18.9 Å². The molecule has 0 aliphatic carbocycles. The van der Waals surface area contributed by atoms with Crippen molar-refractivity contribution in [1.82, 2.24) is 14.8 Å². The predicted octanol–water partition coefficient (Wildman–Crippen LogP) is 1.97. The van der Waals surface area contributed by atoms with Crippen LogP contribution in [0, 0.1) is 0 Å².